The molecule has 0 aliphatic heterocycles. The Morgan fingerprint density at radius 1 is 1.38 bits per heavy atom. The Morgan fingerprint density at radius 3 is 2.38 bits per heavy atom. The number of hydrogen-bond acceptors (Lipinski definition) is 3. The van der Waals surface area contributed by atoms with E-state index in [-0.39, 0.29) is 18.4 Å². The Balaban J connectivity index is 2.32. The lowest BCUT2D eigenvalue weighted by molar-refractivity contribution is -0.139. The minimum absolute atomic E-state index is 0.0463. The summed E-state index contributed by atoms with van der Waals surface area (Å²) in [6.07, 6.45) is 1.33. The predicted octanol–water partition coefficient (Wildman–Crippen LogP) is 1.76. The van der Waals surface area contributed by atoms with Crippen LogP contribution in [-0.4, -0.2) is 28.8 Å². The molecular formula is C11H19NO4. The third-order valence-electron chi connectivity index (χ3n) is 2.56. The van der Waals surface area contributed by atoms with Crippen molar-refractivity contribution in [3.8, 4) is 0 Å². The van der Waals surface area contributed by atoms with Crippen molar-refractivity contribution in [1.29, 1.82) is 0 Å². The molecule has 1 aliphatic carbocycles. The molecule has 0 bridgehead atoms. The third-order valence-corrected chi connectivity index (χ3v) is 2.56. The fraction of sp³-hybridized carbons (Fsp3) is 0.818. The second kappa shape index (κ2) is 4.72. The first-order valence-corrected chi connectivity index (χ1v) is 5.49. The van der Waals surface area contributed by atoms with Crippen LogP contribution in [0.4, 0.5) is 4.79 Å². The first-order valence-electron chi connectivity index (χ1n) is 5.49. The predicted molar refractivity (Wildman–Crippen MR) is 58.1 cm³/mol. The van der Waals surface area contributed by atoms with E-state index in [1.54, 1.807) is 20.8 Å². The quantitative estimate of drug-likeness (QED) is 0.773. The van der Waals surface area contributed by atoms with Gasteiger partial charge in [-0.2, -0.15) is 0 Å². The molecule has 1 saturated carbocycles. The minimum Gasteiger partial charge on any atom is -0.481 e. The van der Waals surface area contributed by atoms with Crippen LogP contribution < -0.4 is 5.32 Å². The Hall–Kier alpha value is -1.26. The summed E-state index contributed by atoms with van der Waals surface area (Å²) in [7, 11) is 0. The lowest BCUT2D eigenvalue weighted by Crippen LogP contribution is -2.48. The molecule has 2 N–H and O–H groups in total. The van der Waals surface area contributed by atoms with Crippen molar-refractivity contribution in [1.82, 2.24) is 5.32 Å². The topological polar surface area (TPSA) is 75.6 Å². The molecule has 0 spiro atoms. The molecule has 92 valence electrons. The normalized spacial score (nSPS) is 24.4. The van der Waals surface area contributed by atoms with Crippen LogP contribution in [0.25, 0.3) is 0 Å². The third kappa shape index (κ3) is 4.08. The van der Waals surface area contributed by atoms with Crippen LogP contribution in [0.5, 0.6) is 0 Å². The number of alkyl carbamates (subject to hydrolysis) is 1. The maximum absolute atomic E-state index is 11.4. The molecule has 16 heavy (non-hydrogen) atoms. The Morgan fingerprint density at radius 2 is 2.00 bits per heavy atom. The summed E-state index contributed by atoms with van der Waals surface area (Å²) >= 11 is 0. The van der Waals surface area contributed by atoms with Crippen LogP contribution >= 0.6 is 0 Å². The van der Waals surface area contributed by atoms with Gasteiger partial charge in [0.05, 0.1) is 6.42 Å². The molecule has 1 amide bonds. The van der Waals surface area contributed by atoms with Crippen LogP contribution in [0, 0.1) is 5.92 Å². The van der Waals surface area contributed by atoms with Gasteiger partial charge in [0.25, 0.3) is 0 Å². The van der Waals surface area contributed by atoms with Gasteiger partial charge in [-0.05, 0) is 39.5 Å². The highest BCUT2D eigenvalue weighted by molar-refractivity contribution is 5.69. The van der Waals surface area contributed by atoms with Gasteiger partial charge < -0.3 is 15.2 Å². The zero-order chi connectivity index (χ0) is 12.3. The van der Waals surface area contributed by atoms with Gasteiger partial charge in [-0.1, -0.05) is 0 Å². The van der Waals surface area contributed by atoms with E-state index in [1.165, 1.54) is 0 Å². The molecule has 5 nitrogen and oxygen atoms in total. The molecule has 2 atom stereocenters. The summed E-state index contributed by atoms with van der Waals surface area (Å²) in [6.45, 7) is 5.38. The van der Waals surface area contributed by atoms with Gasteiger partial charge in [0, 0.05) is 6.04 Å². The summed E-state index contributed by atoms with van der Waals surface area (Å²) < 4.78 is 5.10. The first kappa shape index (κ1) is 12.8. The molecular weight excluding hydrogens is 210 g/mol. The Labute approximate surface area is 95.2 Å². The lowest BCUT2D eigenvalue weighted by Gasteiger charge is -2.36. The summed E-state index contributed by atoms with van der Waals surface area (Å²) in [5, 5.41) is 11.3. The van der Waals surface area contributed by atoms with Crippen molar-refractivity contribution >= 4 is 12.1 Å². The number of amides is 1. The lowest BCUT2D eigenvalue weighted by atomic mass is 9.77. The summed E-state index contributed by atoms with van der Waals surface area (Å²) in [5.74, 6) is -0.772. The van der Waals surface area contributed by atoms with E-state index in [9.17, 15) is 9.59 Å². The van der Waals surface area contributed by atoms with E-state index in [2.05, 4.69) is 5.32 Å². The number of hydrogen-bond donors (Lipinski definition) is 2. The molecule has 5 heteroatoms. The zero-order valence-electron chi connectivity index (χ0n) is 9.95. The van der Waals surface area contributed by atoms with E-state index in [1.807, 2.05) is 0 Å². The zero-order valence-corrected chi connectivity index (χ0v) is 9.95. The van der Waals surface area contributed by atoms with Gasteiger partial charge in [0.1, 0.15) is 5.60 Å². The number of aliphatic carboxylic acids is 1. The number of nitrogens with one attached hydrogen (secondary N) is 1. The second-order valence-corrected chi connectivity index (χ2v) is 5.19. The smallest absolute Gasteiger partial charge is 0.407 e. The number of rotatable bonds is 3. The molecule has 1 fully saturated rings. The highest BCUT2D eigenvalue weighted by atomic mass is 16.6. The highest BCUT2D eigenvalue weighted by Gasteiger charge is 2.34. The summed E-state index contributed by atoms with van der Waals surface area (Å²) in [5.41, 5.74) is -0.518. The molecule has 1 rings (SSSR count). The molecule has 0 heterocycles. The number of ether oxygens (including phenoxy) is 1. The van der Waals surface area contributed by atoms with Gasteiger partial charge in [0.2, 0.25) is 0 Å². The highest BCUT2D eigenvalue weighted by Crippen LogP contribution is 2.30. The summed E-state index contributed by atoms with van der Waals surface area (Å²) in [4.78, 5) is 21.9. The van der Waals surface area contributed by atoms with Gasteiger partial charge in [0.15, 0.2) is 0 Å². The number of carboxylic acid groups (broad SMARTS) is 1. The maximum atomic E-state index is 11.4. The largest absolute Gasteiger partial charge is 0.481 e. The van der Waals surface area contributed by atoms with Crippen molar-refractivity contribution in [2.45, 2.75) is 51.7 Å². The molecule has 0 aromatic carbocycles. The van der Waals surface area contributed by atoms with E-state index in [0.717, 1.165) is 12.8 Å². The molecule has 0 aromatic heterocycles. The van der Waals surface area contributed by atoms with Crippen molar-refractivity contribution in [2.24, 2.45) is 5.92 Å². The molecule has 0 unspecified atom stereocenters. The van der Waals surface area contributed by atoms with Crippen LogP contribution in [0.15, 0.2) is 0 Å². The standard InChI is InChI=1S/C11H19NO4/c1-11(2,3)16-10(15)12-8-5-4-7(8)6-9(13)14/h7-8H,4-6H2,1-3H3,(H,12,15)(H,13,14)/t7-,8+/m1/s1. The van der Waals surface area contributed by atoms with Crippen LogP contribution in [0.2, 0.25) is 0 Å². The second-order valence-electron chi connectivity index (χ2n) is 5.19. The fourth-order valence-electron chi connectivity index (χ4n) is 1.69. The molecule has 0 radical (unpaired) electrons. The monoisotopic (exact) mass is 229 g/mol. The number of carbonyl (C=O) groups is 2. The number of carboxylic acids is 1. The van der Waals surface area contributed by atoms with E-state index in [4.69, 9.17) is 9.84 Å². The average Bonchev–Trinajstić information content (AvgIpc) is 2.06. The Kier molecular flexibility index (Phi) is 3.78. The van der Waals surface area contributed by atoms with Crippen LogP contribution in [0.1, 0.15) is 40.0 Å². The Bertz CT molecular complexity index is 282. The van der Waals surface area contributed by atoms with Crippen LogP contribution in [-0.2, 0) is 9.53 Å². The van der Waals surface area contributed by atoms with Gasteiger partial charge in [-0.25, -0.2) is 4.79 Å². The molecule has 0 saturated heterocycles. The van der Waals surface area contributed by atoms with Gasteiger partial charge in [-0.15, -0.1) is 0 Å². The fourth-order valence-corrected chi connectivity index (χ4v) is 1.69. The van der Waals surface area contributed by atoms with Crippen LogP contribution in [0.3, 0.4) is 0 Å². The van der Waals surface area contributed by atoms with E-state index in [0.29, 0.717) is 0 Å². The average molecular weight is 229 g/mol. The SMILES string of the molecule is CC(C)(C)OC(=O)N[C@H]1CC[C@@H]1CC(=O)O. The minimum atomic E-state index is -0.819. The molecule has 0 aromatic rings. The van der Waals surface area contributed by atoms with Crippen molar-refractivity contribution in [2.75, 3.05) is 0 Å². The first-order chi connectivity index (χ1) is 7.28. The summed E-state index contributed by atoms with van der Waals surface area (Å²) in [6, 6.07) is -0.0500. The van der Waals surface area contributed by atoms with Gasteiger partial charge >= 0.3 is 12.1 Å². The van der Waals surface area contributed by atoms with Crippen molar-refractivity contribution in [3.05, 3.63) is 0 Å². The van der Waals surface area contributed by atoms with E-state index >= 15 is 0 Å². The maximum Gasteiger partial charge on any atom is 0.407 e. The van der Waals surface area contributed by atoms with E-state index < -0.39 is 17.7 Å². The van der Waals surface area contributed by atoms with Gasteiger partial charge in [-0.3, -0.25) is 4.79 Å². The molecule has 1 aliphatic rings. The van der Waals surface area contributed by atoms with Crippen molar-refractivity contribution in [3.63, 3.8) is 0 Å². The number of carbonyl (C=O) groups excluding carboxylic acids is 1. The van der Waals surface area contributed by atoms with Crippen molar-refractivity contribution < 1.29 is 19.4 Å².